The molecule has 0 radical (unpaired) electrons. The summed E-state index contributed by atoms with van der Waals surface area (Å²) in [4.78, 5) is 16.0. The molecule has 0 saturated heterocycles. The summed E-state index contributed by atoms with van der Waals surface area (Å²) in [6.45, 7) is 1.87. The van der Waals surface area contributed by atoms with Crippen LogP contribution < -0.4 is 5.32 Å². The fourth-order valence-electron chi connectivity index (χ4n) is 1.40. The lowest BCUT2D eigenvalue weighted by Gasteiger charge is -2.04. The van der Waals surface area contributed by atoms with Gasteiger partial charge in [-0.2, -0.15) is 0 Å². The number of benzene rings is 1. The summed E-state index contributed by atoms with van der Waals surface area (Å²) in [6, 6.07) is 7.45. The van der Waals surface area contributed by atoms with E-state index in [-0.39, 0.29) is 5.91 Å². The van der Waals surface area contributed by atoms with Crippen LogP contribution in [0, 0.1) is 6.92 Å². The van der Waals surface area contributed by atoms with Crippen molar-refractivity contribution in [2.75, 3.05) is 5.32 Å². The maximum Gasteiger partial charge on any atom is 0.275 e. The van der Waals surface area contributed by atoms with Gasteiger partial charge in [-0.25, -0.2) is 4.98 Å². The van der Waals surface area contributed by atoms with Crippen LogP contribution in [0.4, 0.5) is 5.69 Å². The molecule has 88 valence electrons. The first kappa shape index (κ1) is 12.1. The standard InChI is InChI=1S/C12H11ClN2OS/c1-8-14-11(7-17-8)12(16)15-10-4-2-3-9(5-10)6-13/h2-5,7H,6H2,1H3,(H,15,16). The van der Waals surface area contributed by atoms with Crippen LogP contribution in [0.25, 0.3) is 0 Å². The van der Waals surface area contributed by atoms with Crippen molar-refractivity contribution in [3.63, 3.8) is 0 Å². The molecule has 3 nitrogen and oxygen atoms in total. The van der Waals surface area contributed by atoms with Crippen molar-refractivity contribution in [2.24, 2.45) is 0 Å². The molecule has 5 heteroatoms. The highest BCUT2D eigenvalue weighted by molar-refractivity contribution is 7.09. The van der Waals surface area contributed by atoms with Gasteiger partial charge in [0.05, 0.1) is 5.01 Å². The molecule has 1 aromatic heterocycles. The van der Waals surface area contributed by atoms with Gasteiger partial charge in [-0.15, -0.1) is 22.9 Å². The molecule has 2 rings (SSSR count). The summed E-state index contributed by atoms with van der Waals surface area (Å²) in [5, 5.41) is 5.42. The molecular formula is C12H11ClN2OS. The average molecular weight is 267 g/mol. The first-order valence-corrected chi connectivity index (χ1v) is 6.49. The van der Waals surface area contributed by atoms with Crippen molar-refractivity contribution in [3.8, 4) is 0 Å². The maximum absolute atomic E-state index is 11.8. The van der Waals surface area contributed by atoms with Crippen molar-refractivity contribution >= 4 is 34.5 Å². The lowest BCUT2D eigenvalue weighted by molar-refractivity contribution is 0.102. The number of carbonyl (C=O) groups excluding carboxylic acids is 1. The Balaban J connectivity index is 2.12. The number of hydrogen-bond donors (Lipinski definition) is 1. The van der Waals surface area contributed by atoms with Crippen LogP contribution in [0.5, 0.6) is 0 Å². The van der Waals surface area contributed by atoms with Crippen LogP contribution in [-0.4, -0.2) is 10.9 Å². The number of aromatic nitrogens is 1. The van der Waals surface area contributed by atoms with Gasteiger partial charge < -0.3 is 5.32 Å². The lowest BCUT2D eigenvalue weighted by Crippen LogP contribution is -2.12. The molecule has 0 aliphatic rings. The Labute approximate surface area is 108 Å². The molecular weight excluding hydrogens is 256 g/mol. The predicted molar refractivity (Wildman–Crippen MR) is 70.8 cm³/mol. The van der Waals surface area contributed by atoms with Crippen LogP contribution in [0.15, 0.2) is 29.6 Å². The highest BCUT2D eigenvalue weighted by Gasteiger charge is 2.09. The second-order valence-corrected chi connectivity index (χ2v) is 4.87. The zero-order valence-electron chi connectivity index (χ0n) is 9.24. The SMILES string of the molecule is Cc1nc(C(=O)Nc2cccc(CCl)c2)cs1. The number of thiazole rings is 1. The molecule has 0 unspecified atom stereocenters. The Kier molecular flexibility index (Phi) is 3.76. The van der Waals surface area contributed by atoms with Gasteiger partial charge in [-0.1, -0.05) is 12.1 Å². The van der Waals surface area contributed by atoms with E-state index in [1.807, 2.05) is 31.2 Å². The fourth-order valence-corrected chi connectivity index (χ4v) is 2.15. The quantitative estimate of drug-likeness (QED) is 0.865. The number of amides is 1. The molecule has 17 heavy (non-hydrogen) atoms. The second kappa shape index (κ2) is 5.29. The summed E-state index contributed by atoms with van der Waals surface area (Å²) in [7, 11) is 0. The van der Waals surface area contributed by atoms with Gasteiger partial charge in [0.25, 0.3) is 5.91 Å². The lowest BCUT2D eigenvalue weighted by atomic mass is 10.2. The molecule has 0 fully saturated rings. The number of rotatable bonds is 3. The molecule has 1 aromatic carbocycles. The highest BCUT2D eigenvalue weighted by Crippen LogP contribution is 2.14. The minimum atomic E-state index is -0.193. The van der Waals surface area contributed by atoms with Crippen LogP contribution >= 0.6 is 22.9 Å². The summed E-state index contributed by atoms with van der Waals surface area (Å²) >= 11 is 7.19. The van der Waals surface area contributed by atoms with E-state index in [4.69, 9.17) is 11.6 Å². The first-order valence-electron chi connectivity index (χ1n) is 5.07. The third kappa shape index (κ3) is 3.05. The monoisotopic (exact) mass is 266 g/mol. The largest absolute Gasteiger partial charge is 0.321 e. The van der Waals surface area contributed by atoms with E-state index in [1.54, 1.807) is 5.38 Å². The van der Waals surface area contributed by atoms with Crippen molar-refractivity contribution in [2.45, 2.75) is 12.8 Å². The van der Waals surface area contributed by atoms with E-state index in [0.717, 1.165) is 16.3 Å². The molecule has 1 amide bonds. The molecule has 0 bridgehead atoms. The molecule has 0 aliphatic heterocycles. The van der Waals surface area contributed by atoms with Crippen molar-refractivity contribution in [3.05, 3.63) is 45.9 Å². The van der Waals surface area contributed by atoms with Crippen molar-refractivity contribution in [1.29, 1.82) is 0 Å². The third-order valence-corrected chi connectivity index (χ3v) is 3.27. The van der Waals surface area contributed by atoms with E-state index in [1.165, 1.54) is 11.3 Å². The fraction of sp³-hybridized carbons (Fsp3) is 0.167. The van der Waals surface area contributed by atoms with Gasteiger partial charge in [-0.05, 0) is 24.6 Å². The number of anilines is 1. The van der Waals surface area contributed by atoms with Gasteiger partial charge in [0.1, 0.15) is 5.69 Å². The highest BCUT2D eigenvalue weighted by atomic mass is 35.5. The van der Waals surface area contributed by atoms with Gasteiger partial charge >= 0.3 is 0 Å². The Morgan fingerprint density at radius 1 is 1.53 bits per heavy atom. The number of nitrogens with zero attached hydrogens (tertiary/aromatic N) is 1. The number of aryl methyl sites for hydroxylation is 1. The van der Waals surface area contributed by atoms with Gasteiger partial charge in [0.15, 0.2) is 0 Å². The maximum atomic E-state index is 11.8. The number of nitrogens with one attached hydrogen (secondary N) is 1. The smallest absolute Gasteiger partial charge is 0.275 e. The molecule has 0 saturated carbocycles. The zero-order valence-corrected chi connectivity index (χ0v) is 10.8. The van der Waals surface area contributed by atoms with Gasteiger partial charge in [0, 0.05) is 16.9 Å². The van der Waals surface area contributed by atoms with E-state index in [9.17, 15) is 4.79 Å². The van der Waals surface area contributed by atoms with E-state index in [0.29, 0.717) is 11.6 Å². The van der Waals surface area contributed by atoms with Crippen LogP contribution in [0.3, 0.4) is 0 Å². The Bertz CT molecular complexity index is 539. The van der Waals surface area contributed by atoms with Crippen LogP contribution in [0.2, 0.25) is 0 Å². The van der Waals surface area contributed by atoms with E-state index >= 15 is 0 Å². The summed E-state index contributed by atoms with van der Waals surface area (Å²) < 4.78 is 0. The number of alkyl halides is 1. The normalized spacial score (nSPS) is 10.2. The number of hydrogen-bond acceptors (Lipinski definition) is 3. The molecule has 0 aliphatic carbocycles. The zero-order chi connectivity index (χ0) is 12.3. The van der Waals surface area contributed by atoms with E-state index < -0.39 is 0 Å². The second-order valence-electron chi connectivity index (χ2n) is 3.54. The Morgan fingerprint density at radius 2 is 2.35 bits per heavy atom. The molecule has 1 heterocycles. The van der Waals surface area contributed by atoms with Gasteiger partial charge in [0.2, 0.25) is 0 Å². The third-order valence-electron chi connectivity index (χ3n) is 2.19. The number of carbonyl (C=O) groups is 1. The van der Waals surface area contributed by atoms with Crippen molar-refractivity contribution < 1.29 is 4.79 Å². The predicted octanol–water partition coefficient (Wildman–Crippen LogP) is 3.44. The molecule has 2 aromatic rings. The summed E-state index contributed by atoms with van der Waals surface area (Å²) in [5.41, 5.74) is 2.15. The molecule has 0 atom stereocenters. The molecule has 1 N–H and O–H groups in total. The minimum Gasteiger partial charge on any atom is -0.321 e. The first-order chi connectivity index (χ1) is 8.19. The summed E-state index contributed by atoms with van der Waals surface area (Å²) in [5.74, 6) is 0.237. The van der Waals surface area contributed by atoms with Gasteiger partial charge in [-0.3, -0.25) is 4.79 Å². The Hall–Kier alpha value is -1.39. The van der Waals surface area contributed by atoms with Crippen molar-refractivity contribution in [1.82, 2.24) is 4.98 Å². The number of halogens is 1. The summed E-state index contributed by atoms with van der Waals surface area (Å²) in [6.07, 6.45) is 0. The average Bonchev–Trinajstić information content (AvgIpc) is 2.76. The molecule has 0 spiro atoms. The van der Waals surface area contributed by atoms with E-state index in [2.05, 4.69) is 10.3 Å². The van der Waals surface area contributed by atoms with Crippen LogP contribution in [0.1, 0.15) is 21.1 Å². The topological polar surface area (TPSA) is 42.0 Å². The van der Waals surface area contributed by atoms with Crippen LogP contribution in [-0.2, 0) is 5.88 Å². The minimum absolute atomic E-state index is 0.193. The Morgan fingerprint density at radius 3 is 3.00 bits per heavy atom.